The van der Waals surface area contributed by atoms with Gasteiger partial charge in [-0.1, -0.05) is 0 Å². The zero-order chi connectivity index (χ0) is 17.0. The van der Waals surface area contributed by atoms with Crippen molar-refractivity contribution < 1.29 is 4.92 Å². The summed E-state index contributed by atoms with van der Waals surface area (Å²) >= 11 is 1.34. The van der Waals surface area contributed by atoms with Gasteiger partial charge in [-0.2, -0.15) is 4.98 Å². The highest BCUT2D eigenvalue weighted by Crippen LogP contribution is 2.46. The molecular weight excluding hydrogens is 342 g/mol. The van der Waals surface area contributed by atoms with Crippen LogP contribution < -0.4 is 5.32 Å². The molecule has 0 radical (unpaired) electrons. The molecule has 0 spiro atoms. The molecular formula is C15H17N7O2S. The highest BCUT2D eigenvalue weighted by molar-refractivity contribution is 7.99. The summed E-state index contributed by atoms with van der Waals surface area (Å²) in [6.45, 7) is 0. The summed E-state index contributed by atoms with van der Waals surface area (Å²) in [7, 11) is 0. The van der Waals surface area contributed by atoms with Crippen LogP contribution in [0.1, 0.15) is 56.3 Å². The number of nitro groups is 1. The standard InChI is InChI=1S/C15H17N7O2S/c23-22(24)11-7-16-14(18-12(11)17-9-3-4-9)25-15-20-19-13(8-1-2-8)21(15)10-5-6-10/h7-10H,1-6H2,(H,16,17,18). The third-order valence-electron chi connectivity index (χ3n) is 4.59. The first kappa shape index (κ1) is 15.1. The molecule has 0 atom stereocenters. The first-order valence-electron chi connectivity index (χ1n) is 8.59. The molecule has 3 aliphatic rings. The van der Waals surface area contributed by atoms with Gasteiger partial charge < -0.3 is 9.88 Å². The maximum atomic E-state index is 11.2. The quantitative estimate of drug-likeness (QED) is 0.456. The lowest BCUT2D eigenvalue weighted by Crippen LogP contribution is -2.08. The van der Waals surface area contributed by atoms with Crippen LogP contribution in [-0.4, -0.2) is 35.7 Å². The van der Waals surface area contributed by atoms with Gasteiger partial charge in [0.05, 0.1) is 4.92 Å². The van der Waals surface area contributed by atoms with E-state index in [1.165, 1.54) is 30.8 Å². The third kappa shape index (κ3) is 3.06. The summed E-state index contributed by atoms with van der Waals surface area (Å²) in [4.78, 5) is 19.3. The average molecular weight is 359 g/mol. The van der Waals surface area contributed by atoms with Crippen molar-refractivity contribution in [2.24, 2.45) is 0 Å². The molecule has 0 bridgehead atoms. The molecule has 2 aromatic rings. The van der Waals surface area contributed by atoms with Crippen molar-refractivity contribution >= 4 is 23.3 Å². The molecule has 130 valence electrons. The van der Waals surface area contributed by atoms with Crippen LogP contribution in [0.25, 0.3) is 0 Å². The van der Waals surface area contributed by atoms with E-state index in [0.717, 1.165) is 36.7 Å². The highest BCUT2D eigenvalue weighted by atomic mass is 32.2. The molecule has 1 N–H and O–H groups in total. The number of nitrogens with zero attached hydrogens (tertiary/aromatic N) is 6. The first-order chi connectivity index (χ1) is 12.2. The molecule has 0 aliphatic heterocycles. The van der Waals surface area contributed by atoms with Crippen LogP contribution in [0.15, 0.2) is 16.5 Å². The first-order valence-corrected chi connectivity index (χ1v) is 9.41. The smallest absolute Gasteiger partial charge is 0.329 e. The number of hydrogen-bond acceptors (Lipinski definition) is 8. The molecule has 2 heterocycles. The molecule has 25 heavy (non-hydrogen) atoms. The summed E-state index contributed by atoms with van der Waals surface area (Å²) in [6.07, 6.45) is 7.98. The predicted molar refractivity (Wildman–Crippen MR) is 89.7 cm³/mol. The molecule has 0 saturated heterocycles. The van der Waals surface area contributed by atoms with Crippen molar-refractivity contribution in [2.75, 3.05) is 5.32 Å². The van der Waals surface area contributed by atoms with Gasteiger partial charge in [-0.25, -0.2) is 4.98 Å². The Kier molecular flexibility index (Phi) is 3.40. The maximum absolute atomic E-state index is 11.2. The minimum Gasteiger partial charge on any atom is -0.361 e. The van der Waals surface area contributed by atoms with E-state index in [0.29, 0.717) is 22.9 Å². The molecule has 0 aromatic carbocycles. The summed E-state index contributed by atoms with van der Waals surface area (Å²) in [5.74, 6) is 1.90. The Hall–Kier alpha value is -2.23. The minimum absolute atomic E-state index is 0.0846. The maximum Gasteiger partial charge on any atom is 0.329 e. The van der Waals surface area contributed by atoms with Crippen molar-refractivity contribution in [1.29, 1.82) is 0 Å². The van der Waals surface area contributed by atoms with E-state index in [-0.39, 0.29) is 11.7 Å². The number of aromatic nitrogens is 5. The minimum atomic E-state index is -0.447. The van der Waals surface area contributed by atoms with Crippen LogP contribution in [0.5, 0.6) is 0 Å². The predicted octanol–water partition coefficient (Wildman–Crippen LogP) is 2.91. The summed E-state index contributed by atoms with van der Waals surface area (Å²) in [6, 6.07) is 0.762. The fraction of sp³-hybridized carbons (Fsp3) is 0.600. The summed E-state index contributed by atoms with van der Waals surface area (Å²) < 4.78 is 2.22. The van der Waals surface area contributed by atoms with E-state index in [1.807, 2.05) is 0 Å². The van der Waals surface area contributed by atoms with Gasteiger partial charge in [-0.05, 0) is 50.3 Å². The van der Waals surface area contributed by atoms with Gasteiger partial charge >= 0.3 is 5.69 Å². The Morgan fingerprint density at radius 2 is 2.00 bits per heavy atom. The van der Waals surface area contributed by atoms with E-state index in [2.05, 4.69) is 30.0 Å². The van der Waals surface area contributed by atoms with E-state index in [9.17, 15) is 10.1 Å². The Balaban J connectivity index is 1.45. The Bertz CT molecular complexity index is 842. The van der Waals surface area contributed by atoms with Crippen molar-refractivity contribution in [2.45, 2.75) is 66.8 Å². The lowest BCUT2D eigenvalue weighted by atomic mass is 10.4. The summed E-state index contributed by atoms with van der Waals surface area (Å²) in [5, 5.41) is 24.3. The zero-order valence-corrected chi connectivity index (χ0v) is 14.3. The molecule has 3 fully saturated rings. The average Bonchev–Trinajstić information content (AvgIpc) is 3.42. The van der Waals surface area contributed by atoms with Crippen molar-refractivity contribution in [3.05, 3.63) is 22.1 Å². The van der Waals surface area contributed by atoms with Crippen LogP contribution in [0.2, 0.25) is 0 Å². The van der Waals surface area contributed by atoms with Gasteiger partial charge in [0.15, 0.2) is 10.3 Å². The highest BCUT2D eigenvalue weighted by Gasteiger charge is 2.37. The number of hydrogen-bond donors (Lipinski definition) is 1. The van der Waals surface area contributed by atoms with Gasteiger partial charge in [0.2, 0.25) is 5.82 Å². The number of anilines is 1. The van der Waals surface area contributed by atoms with E-state index in [4.69, 9.17) is 0 Å². The SMILES string of the molecule is O=[N+]([O-])c1cnc(Sc2nnc(C3CC3)n2C2CC2)nc1NC1CC1. The second-order valence-electron chi connectivity index (χ2n) is 6.88. The zero-order valence-electron chi connectivity index (χ0n) is 13.5. The second-order valence-corrected chi connectivity index (χ2v) is 7.81. The van der Waals surface area contributed by atoms with Gasteiger partial charge in [-0.15, -0.1) is 10.2 Å². The summed E-state index contributed by atoms with van der Waals surface area (Å²) in [5.41, 5.74) is -0.0846. The second kappa shape index (κ2) is 5.65. The fourth-order valence-electron chi connectivity index (χ4n) is 2.80. The topological polar surface area (TPSA) is 112 Å². The third-order valence-corrected chi connectivity index (χ3v) is 5.43. The molecule has 5 rings (SSSR count). The molecule has 3 saturated carbocycles. The number of rotatable bonds is 7. The monoisotopic (exact) mass is 359 g/mol. The van der Waals surface area contributed by atoms with Crippen LogP contribution >= 0.6 is 11.8 Å². The van der Waals surface area contributed by atoms with E-state index >= 15 is 0 Å². The van der Waals surface area contributed by atoms with Crippen molar-refractivity contribution in [3.8, 4) is 0 Å². The molecule has 9 nitrogen and oxygen atoms in total. The van der Waals surface area contributed by atoms with Crippen molar-refractivity contribution in [1.82, 2.24) is 24.7 Å². The Morgan fingerprint density at radius 3 is 2.64 bits per heavy atom. The Morgan fingerprint density at radius 1 is 1.20 bits per heavy atom. The van der Waals surface area contributed by atoms with Gasteiger partial charge in [-0.3, -0.25) is 10.1 Å². The molecule has 10 heteroatoms. The van der Waals surface area contributed by atoms with Crippen LogP contribution in [0, 0.1) is 10.1 Å². The molecule has 3 aliphatic carbocycles. The lowest BCUT2D eigenvalue weighted by molar-refractivity contribution is -0.384. The molecule has 0 unspecified atom stereocenters. The van der Waals surface area contributed by atoms with Crippen LogP contribution in [-0.2, 0) is 0 Å². The molecule has 2 aromatic heterocycles. The molecule has 0 amide bonds. The van der Waals surface area contributed by atoms with Crippen molar-refractivity contribution in [3.63, 3.8) is 0 Å². The van der Waals surface area contributed by atoms with Crippen LogP contribution in [0.4, 0.5) is 11.5 Å². The lowest BCUT2D eigenvalue weighted by Gasteiger charge is -2.08. The van der Waals surface area contributed by atoms with Crippen LogP contribution in [0.3, 0.4) is 0 Å². The van der Waals surface area contributed by atoms with Gasteiger partial charge in [0, 0.05) is 18.0 Å². The normalized spacial score (nSPS) is 19.8. The fourth-order valence-corrected chi connectivity index (χ4v) is 3.63. The largest absolute Gasteiger partial charge is 0.361 e. The van der Waals surface area contributed by atoms with Gasteiger partial charge in [0.1, 0.15) is 12.0 Å². The van der Waals surface area contributed by atoms with Gasteiger partial charge in [0.25, 0.3) is 0 Å². The van der Waals surface area contributed by atoms with E-state index < -0.39 is 4.92 Å². The Labute approximate surface area is 147 Å². The number of nitrogens with one attached hydrogen (secondary N) is 1. The van der Waals surface area contributed by atoms with E-state index in [1.54, 1.807) is 0 Å².